The molecule has 0 bridgehead atoms. The van der Waals surface area contributed by atoms with Crippen molar-refractivity contribution in [3.8, 4) is 22.5 Å². The lowest BCUT2D eigenvalue weighted by molar-refractivity contribution is 0.617. The lowest BCUT2D eigenvalue weighted by Gasteiger charge is -2.18. The number of hydrogen-bond donors (Lipinski definition) is 0. The molecule has 0 N–H and O–H groups in total. The van der Waals surface area contributed by atoms with Crippen molar-refractivity contribution in [2.24, 2.45) is 0 Å². The molecule has 2 aromatic rings. The van der Waals surface area contributed by atoms with Crippen molar-refractivity contribution in [3.05, 3.63) is 71.6 Å². The Morgan fingerprint density at radius 3 is 2.21 bits per heavy atom. The number of anilines is 1. The Labute approximate surface area is 173 Å². The van der Waals surface area contributed by atoms with Gasteiger partial charge in [-0.3, -0.25) is 0 Å². The SMILES string of the molecule is CC.Cc1ccccc1-c1c2ccc(=[N+](C)C)cc-2oc2cc(N(C)C)ccc12. The van der Waals surface area contributed by atoms with Crippen molar-refractivity contribution in [1.82, 2.24) is 4.58 Å². The Morgan fingerprint density at radius 2 is 1.55 bits per heavy atom. The highest BCUT2D eigenvalue weighted by Crippen LogP contribution is 2.41. The maximum absolute atomic E-state index is 6.38. The Hall–Kier alpha value is -3.07. The molecule has 0 spiro atoms. The number of benzene rings is 3. The average molecular weight is 388 g/mol. The second kappa shape index (κ2) is 8.52. The van der Waals surface area contributed by atoms with E-state index in [1.165, 1.54) is 16.7 Å². The quantitative estimate of drug-likeness (QED) is 0.328. The van der Waals surface area contributed by atoms with Gasteiger partial charge in [-0.15, -0.1) is 0 Å². The fourth-order valence-corrected chi connectivity index (χ4v) is 3.57. The fourth-order valence-electron chi connectivity index (χ4n) is 3.57. The van der Waals surface area contributed by atoms with E-state index in [0.29, 0.717) is 0 Å². The second-order valence-corrected chi connectivity index (χ2v) is 7.44. The molecule has 1 heterocycles. The Balaban J connectivity index is 0.00000117. The summed E-state index contributed by atoms with van der Waals surface area (Å²) < 4.78 is 8.48. The van der Waals surface area contributed by atoms with Crippen LogP contribution < -0.4 is 14.8 Å². The molecule has 0 saturated carbocycles. The zero-order valence-electron chi connectivity index (χ0n) is 18.6. The molecule has 0 fully saturated rings. The summed E-state index contributed by atoms with van der Waals surface area (Å²) in [6, 6.07) is 21.5. The van der Waals surface area contributed by atoms with E-state index in [9.17, 15) is 0 Å². The van der Waals surface area contributed by atoms with Crippen molar-refractivity contribution in [3.63, 3.8) is 0 Å². The summed E-state index contributed by atoms with van der Waals surface area (Å²) in [7, 11) is 8.20. The molecular weight excluding hydrogens is 356 g/mol. The molecule has 0 atom stereocenters. The van der Waals surface area contributed by atoms with E-state index in [1.54, 1.807) is 0 Å². The molecule has 29 heavy (non-hydrogen) atoms. The molecule has 0 saturated heterocycles. The van der Waals surface area contributed by atoms with E-state index < -0.39 is 0 Å². The zero-order valence-corrected chi connectivity index (χ0v) is 18.6. The first-order chi connectivity index (χ1) is 14.0. The monoisotopic (exact) mass is 387 g/mol. The van der Waals surface area contributed by atoms with Gasteiger partial charge in [-0.05, 0) is 36.2 Å². The number of aryl methyl sites for hydroxylation is 1. The van der Waals surface area contributed by atoms with E-state index in [0.717, 1.165) is 33.3 Å². The van der Waals surface area contributed by atoms with Crippen molar-refractivity contribution < 1.29 is 4.42 Å². The first-order valence-corrected chi connectivity index (χ1v) is 10.2. The predicted molar refractivity (Wildman–Crippen MR) is 126 cm³/mol. The molecule has 4 rings (SSSR count). The molecule has 1 aliphatic heterocycles. The van der Waals surface area contributed by atoms with E-state index >= 15 is 0 Å². The van der Waals surface area contributed by atoms with Gasteiger partial charge in [0, 0.05) is 48.4 Å². The minimum atomic E-state index is 0.905. The molecule has 0 amide bonds. The summed E-state index contributed by atoms with van der Waals surface area (Å²) >= 11 is 0. The van der Waals surface area contributed by atoms with Gasteiger partial charge in [0.05, 0.1) is 6.07 Å². The number of rotatable bonds is 2. The van der Waals surface area contributed by atoms with Crippen LogP contribution in [0.25, 0.3) is 33.4 Å². The third-order valence-electron chi connectivity index (χ3n) is 5.14. The van der Waals surface area contributed by atoms with Crippen LogP contribution >= 0.6 is 0 Å². The summed E-state index contributed by atoms with van der Waals surface area (Å²) in [5, 5.41) is 2.27. The molecule has 3 heteroatoms. The molecular formula is C26H31N2O+. The van der Waals surface area contributed by atoms with Crippen LogP contribution in [0.15, 0.2) is 65.1 Å². The maximum Gasteiger partial charge on any atom is 0.203 e. The molecule has 1 aliphatic carbocycles. The molecule has 0 aromatic heterocycles. The van der Waals surface area contributed by atoms with Crippen LogP contribution in [0.4, 0.5) is 5.69 Å². The molecule has 3 nitrogen and oxygen atoms in total. The lowest BCUT2D eigenvalue weighted by atomic mass is 9.91. The van der Waals surface area contributed by atoms with E-state index in [2.05, 4.69) is 105 Å². The van der Waals surface area contributed by atoms with Gasteiger partial charge in [0.2, 0.25) is 5.36 Å². The predicted octanol–water partition coefficient (Wildman–Crippen LogP) is 5.64. The van der Waals surface area contributed by atoms with Crippen molar-refractivity contribution >= 4 is 16.7 Å². The van der Waals surface area contributed by atoms with Crippen LogP contribution in [0.1, 0.15) is 19.4 Å². The average Bonchev–Trinajstić information content (AvgIpc) is 2.73. The first kappa shape index (κ1) is 20.7. The summed E-state index contributed by atoms with van der Waals surface area (Å²) in [6.45, 7) is 6.17. The van der Waals surface area contributed by atoms with Crippen molar-refractivity contribution in [2.75, 3.05) is 33.1 Å². The van der Waals surface area contributed by atoms with Crippen LogP contribution in [0.2, 0.25) is 0 Å². The third-order valence-corrected chi connectivity index (χ3v) is 5.14. The van der Waals surface area contributed by atoms with Crippen molar-refractivity contribution in [1.29, 1.82) is 0 Å². The van der Waals surface area contributed by atoms with E-state index in [4.69, 9.17) is 4.42 Å². The highest BCUT2D eigenvalue weighted by atomic mass is 16.3. The van der Waals surface area contributed by atoms with Crippen LogP contribution in [0.3, 0.4) is 0 Å². The van der Waals surface area contributed by atoms with Crippen LogP contribution in [-0.2, 0) is 0 Å². The summed E-state index contributed by atoms with van der Waals surface area (Å²) in [4.78, 5) is 2.10. The van der Waals surface area contributed by atoms with Crippen LogP contribution in [0, 0.1) is 6.92 Å². The van der Waals surface area contributed by atoms with Crippen LogP contribution in [-0.4, -0.2) is 28.2 Å². The first-order valence-electron chi connectivity index (χ1n) is 10.2. The molecule has 2 aliphatic rings. The normalized spacial score (nSPS) is 10.6. The minimum absolute atomic E-state index is 0.905. The van der Waals surface area contributed by atoms with Gasteiger partial charge in [-0.1, -0.05) is 38.1 Å². The Morgan fingerprint density at radius 1 is 0.828 bits per heavy atom. The maximum atomic E-state index is 6.38. The van der Waals surface area contributed by atoms with Gasteiger partial charge in [0.25, 0.3) is 0 Å². The zero-order chi connectivity index (χ0) is 21.1. The second-order valence-electron chi connectivity index (χ2n) is 7.44. The number of hydrogen-bond acceptors (Lipinski definition) is 2. The molecule has 0 unspecified atom stereocenters. The molecule has 0 radical (unpaired) electrons. The topological polar surface area (TPSA) is 19.4 Å². The van der Waals surface area contributed by atoms with Gasteiger partial charge in [-0.25, -0.2) is 4.58 Å². The highest BCUT2D eigenvalue weighted by molar-refractivity contribution is 6.03. The molecule has 2 aromatic carbocycles. The summed E-state index contributed by atoms with van der Waals surface area (Å²) in [5.74, 6) is 0.905. The van der Waals surface area contributed by atoms with E-state index in [-0.39, 0.29) is 0 Å². The van der Waals surface area contributed by atoms with Crippen molar-refractivity contribution in [2.45, 2.75) is 20.8 Å². The summed E-state index contributed by atoms with van der Waals surface area (Å²) in [5.41, 5.74) is 6.92. The van der Waals surface area contributed by atoms with Crippen LogP contribution in [0.5, 0.6) is 0 Å². The van der Waals surface area contributed by atoms with E-state index in [1.807, 2.05) is 13.8 Å². The largest absolute Gasteiger partial charge is 0.456 e. The number of fused-ring (bicyclic) bond motifs is 2. The van der Waals surface area contributed by atoms with Gasteiger partial charge < -0.3 is 9.32 Å². The highest BCUT2D eigenvalue weighted by Gasteiger charge is 2.19. The van der Waals surface area contributed by atoms with Gasteiger partial charge in [-0.2, -0.15) is 0 Å². The smallest absolute Gasteiger partial charge is 0.203 e. The fraction of sp³-hybridized carbons (Fsp3) is 0.269. The Kier molecular flexibility index (Phi) is 6.07. The van der Waals surface area contributed by atoms with Gasteiger partial charge in [0.1, 0.15) is 25.4 Å². The minimum Gasteiger partial charge on any atom is -0.456 e. The molecule has 150 valence electrons. The Bertz CT molecular complexity index is 1180. The standard InChI is InChI=1S/C24H25N2O.C2H6/c1-16-8-6-7-9-19(16)24-20-12-10-17(25(2)3)14-22(20)27-23-15-18(26(4)5)11-13-21(23)24;1-2/h6-15H,1-5H3;1-2H3/q+1;. The summed E-state index contributed by atoms with van der Waals surface area (Å²) in [6.07, 6.45) is 0. The van der Waals surface area contributed by atoms with Gasteiger partial charge >= 0.3 is 0 Å². The lowest BCUT2D eigenvalue weighted by Crippen LogP contribution is -2.21. The number of nitrogens with zero attached hydrogens (tertiary/aromatic N) is 2. The third kappa shape index (κ3) is 3.91. The van der Waals surface area contributed by atoms with Gasteiger partial charge in [0.15, 0.2) is 0 Å².